The van der Waals surface area contributed by atoms with Gasteiger partial charge in [-0.1, -0.05) is 0 Å². The van der Waals surface area contributed by atoms with Crippen LogP contribution in [0, 0.1) is 0 Å². The van der Waals surface area contributed by atoms with Crippen LogP contribution in [0.2, 0.25) is 0 Å². The maximum Gasteiger partial charge on any atom is 0.413 e. The van der Waals surface area contributed by atoms with E-state index in [2.05, 4.69) is 20.9 Å². The van der Waals surface area contributed by atoms with Crippen LogP contribution in [0.1, 0.15) is 41.5 Å². The van der Waals surface area contributed by atoms with Gasteiger partial charge in [0.15, 0.2) is 11.6 Å². The van der Waals surface area contributed by atoms with Gasteiger partial charge in [-0.3, -0.25) is 10.6 Å². The fourth-order valence-corrected chi connectivity index (χ4v) is 2.42. The topological polar surface area (TPSA) is 111 Å². The number of carbonyl (C=O) groups excluding carboxylic acids is 2. The van der Waals surface area contributed by atoms with Crippen molar-refractivity contribution in [1.29, 1.82) is 0 Å². The van der Waals surface area contributed by atoms with E-state index in [-0.39, 0.29) is 5.82 Å². The van der Waals surface area contributed by atoms with Gasteiger partial charge < -0.3 is 19.5 Å². The second kappa shape index (κ2) is 9.55. The van der Waals surface area contributed by atoms with Crippen molar-refractivity contribution < 1.29 is 23.8 Å². The monoisotopic (exact) mass is 430 g/mol. The predicted octanol–water partition coefficient (Wildman–Crippen LogP) is 5.61. The molecule has 0 atom stereocenters. The van der Waals surface area contributed by atoms with Gasteiger partial charge >= 0.3 is 12.2 Å². The summed E-state index contributed by atoms with van der Waals surface area (Å²) >= 11 is 0. The summed E-state index contributed by atoms with van der Waals surface area (Å²) in [5.74, 6) is 1.26. The Morgan fingerprint density at radius 2 is 1.39 bits per heavy atom. The number of hydrogen-bond donors (Lipinski definition) is 3. The lowest BCUT2D eigenvalue weighted by Crippen LogP contribution is -2.27. The van der Waals surface area contributed by atoms with Gasteiger partial charge in [-0.05, 0) is 65.8 Å². The van der Waals surface area contributed by atoms with Gasteiger partial charge in [0.25, 0.3) is 0 Å². The summed E-state index contributed by atoms with van der Waals surface area (Å²) in [6, 6.07) is 8.46. The van der Waals surface area contributed by atoms with Gasteiger partial charge in [-0.25, -0.2) is 14.6 Å². The van der Waals surface area contributed by atoms with Crippen molar-refractivity contribution in [1.82, 2.24) is 4.98 Å². The summed E-state index contributed by atoms with van der Waals surface area (Å²) in [7, 11) is 1.69. The highest BCUT2D eigenvalue weighted by Gasteiger charge is 2.19. The fourth-order valence-electron chi connectivity index (χ4n) is 2.42. The molecular weight excluding hydrogens is 400 g/mol. The second-order valence-electron chi connectivity index (χ2n) is 8.66. The van der Waals surface area contributed by atoms with Crippen LogP contribution < -0.4 is 20.7 Å². The third-order valence-electron chi connectivity index (χ3n) is 3.51. The van der Waals surface area contributed by atoms with E-state index in [0.29, 0.717) is 22.9 Å². The van der Waals surface area contributed by atoms with Crippen LogP contribution in [-0.4, -0.2) is 35.4 Å². The van der Waals surface area contributed by atoms with Gasteiger partial charge in [0.1, 0.15) is 22.6 Å². The molecule has 9 nitrogen and oxygen atoms in total. The highest BCUT2D eigenvalue weighted by Crippen LogP contribution is 2.34. The molecule has 0 radical (unpaired) electrons. The highest BCUT2D eigenvalue weighted by atomic mass is 16.6. The molecule has 9 heteroatoms. The van der Waals surface area contributed by atoms with Gasteiger partial charge in [0.2, 0.25) is 0 Å². The Labute approximate surface area is 182 Å². The quantitative estimate of drug-likeness (QED) is 0.565. The van der Waals surface area contributed by atoms with E-state index in [4.69, 9.17) is 14.2 Å². The molecule has 0 aliphatic heterocycles. The number of carbonyl (C=O) groups is 2. The lowest BCUT2D eigenvalue weighted by atomic mass is 10.2. The lowest BCUT2D eigenvalue weighted by molar-refractivity contribution is 0.0624. The maximum atomic E-state index is 12.1. The minimum atomic E-state index is -0.632. The third kappa shape index (κ3) is 8.04. The summed E-state index contributed by atoms with van der Waals surface area (Å²) in [4.78, 5) is 28.1. The first-order chi connectivity index (χ1) is 14.4. The largest absolute Gasteiger partial charge is 0.455 e. The molecule has 168 valence electrons. The number of nitrogens with zero attached hydrogens (tertiary/aromatic N) is 1. The number of anilines is 3. The number of hydrogen-bond acceptors (Lipinski definition) is 7. The molecule has 0 spiro atoms. The van der Waals surface area contributed by atoms with Crippen LogP contribution in [0.3, 0.4) is 0 Å². The van der Waals surface area contributed by atoms with E-state index in [1.54, 1.807) is 78.9 Å². The molecule has 1 aromatic heterocycles. The Bertz CT molecular complexity index is 915. The normalized spacial score (nSPS) is 11.3. The Morgan fingerprint density at radius 1 is 0.839 bits per heavy atom. The number of pyridine rings is 1. The van der Waals surface area contributed by atoms with Crippen LogP contribution in [0.5, 0.6) is 11.5 Å². The molecule has 31 heavy (non-hydrogen) atoms. The average Bonchev–Trinajstić information content (AvgIpc) is 2.60. The standard InChI is InChI=1S/C22H30N4O5/c1-21(2,3)30-19(27)25-14-8-10-15(11-9-14)29-16-12-13-24-18(17(16)23-7)26-20(28)31-22(4,5)6/h8-13,23H,1-7H3,(H,25,27)(H,24,26,28). The van der Waals surface area contributed by atoms with Gasteiger partial charge in [0.05, 0.1) is 0 Å². The number of benzene rings is 1. The molecule has 3 N–H and O–H groups in total. The molecule has 0 saturated carbocycles. The molecule has 0 unspecified atom stereocenters. The molecule has 0 bridgehead atoms. The first-order valence-corrected chi connectivity index (χ1v) is 9.81. The fraction of sp³-hybridized carbons (Fsp3) is 0.409. The minimum absolute atomic E-state index is 0.275. The smallest absolute Gasteiger partial charge is 0.413 e. The summed E-state index contributed by atoms with van der Waals surface area (Å²) in [6.45, 7) is 10.7. The van der Waals surface area contributed by atoms with Gasteiger partial charge in [-0.15, -0.1) is 0 Å². The lowest BCUT2D eigenvalue weighted by Gasteiger charge is -2.20. The van der Waals surface area contributed by atoms with Crippen molar-refractivity contribution in [3.63, 3.8) is 0 Å². The summed E-state index contributed by atoms with van der Waals surface area (Å²) < 4.78 is 16.4. The van der Waals surface area contributed by atoms with Crippen molar-refractivity contribution in [2.24, 2.45) is 0 Å². The van der Waals surface area contributed by atoms with E-state index in [0.717, 1.165) is 0 Å². The zero-order valence-electron chi connectivity index (χ0n) is 19.0. The van der Waals surface area contributed by atoms with Gasteiger partial charge in [-0.2, -0.15) is 0 Å². The summed E-state index contributed by atoms with van der Waals surface area (Å²) in [5, 5.41) is 8.26. The van der Waals surface area contributed by atoms with Gasteiger partial charge in [0, 0.05) is 25.0 Å². The van der Waals surface area contributed by atoms with E-state index in [1.807, 2.05) is 0 Å². The number of nitrogens with one attached hydrogen (secondary N) is 3. The summed E-state index contributed by atoms with van der Waals surface area (Å²) in [5.41, 5.74) is -0.155. The van der Waals surface area contributed by atoms with Crippen molar-refractivity contribution in [3.8, 4) is 11.5 Å². The van der Waals surface area contributed by atoms with Crippen molar-refractivity contribution in [3.05, 3.63) is 36.5 Å². The maximum absolute atomic E-state index is 12.1. The molecule has 0 aliphatic carbocycles. The molecule has 2 rings (SSSR count). The van der Waals surface area contributed by atoms with Crippen LogP contribution in [0.25, 0.3) is 0 Å². The molecule has 1 aromatic carbocycles. The van der Waals surface area contributed by atoms with Crippen LogP contribution in [0.4, 0.5) is 26.8 Å². The first kappa shape index (κ1) is 23.8. The van der Waals surface area contributed by atoms with Crippen molar-refractivity contribution in [2.75, 3.05) is 23.0 Å². The molecule has 2 aromatic rings. The van der Waals surface area contributed by atoms with Crippen LogP contribution in [-0.2, 0) is 9.47 Å². The Hall–Kier alpha value is -3.49. The number of aromatic nitrogens is 1. The van der Waals surface area contributed by atoms with Crippen molar-refractivity contribution in [2.45, 2.75) is 52.7 Å². The molecule has 0 aliphatic rings. The molecular formula is C22H30N4O5. The molecule has 2 amide bonds. The van der Waals surface area contributed by atoms with E-state index >= 15 is 0 Å². The zero-order chi connectivity index (χ0) is 23.2. The van der Waals surface area contributed by atoms with Crippen LogP contribution >= 0.6 is 0 Å². The van der Waals surface area contributed by atoms with E-state index in [9.17, 15) is 9.59 Å². The third-order valence-corrected chi connectivity index (χ3v) is 3.51. The zero-order valence-corrected chi connectivity index (χ0v) is 19.0. The van der Waals surface area contributed by atoms with E-state index in [1.165, 1.54) is 6.20 Å². The molecule has 0 fully saturated rings. The highest BCUT2D eigenvalue weighted by molar-refractivity contribution is 5.89. The number of rotatable bonds is 5. The predicted molar refractivity (Wildman–Crippen MR) is 120 cm³/mol. The first-order valence-electron chi connectivity index (χ1n) is 9.81. The Morgan fingerprint density at radius 3 is 1.90 bits per heavy atom. The molecule has 1 heterocycles. The van der Waals surface area contributed by atoms with Crippen molar-refractivity contribution >= 4 is 29.4 Å². The SMILES string of the molecule is CNc1c(Oc2ccc(NC(=O)OC(C)(C)C)cc2)ccnc1NC(=O)OC(C)(C)C. The number of amides is 2. The summed E-state index contributed by atoms with van der Waals surface area (Å²) in [6.07, 6.45) is 0.359. The van der Waals surface area contributed by atoms with E-state index < -0.39 is 23.4 Å². The van der Waals surface area contributed by atoms with Crippen LogP contribution in [0.15, 0.2) is 36.5 Å². The number of ether oxygens (including phenoxy) is 3. The second-order valence-corrected chi connectivity index (χ2v) is 8.66. The Kier molecular flexibility index (Phi) is 7.32. The Balaban J connectivity index is 2.10. The minimum Gasteiger partial charge on any atom is -0.455 e. The average molecular weight is 431 g/mol. The molecule has 0 saturated heterocycles.